The Kier molecular flexibility index (Phi) is 1.48. The lowest BCUT2D eigenvalue weighted by Gasteiger charge is -2.19. The molecule has 1 saturated heterocycles. The van der Waals surface area contributed by atoms with Crippen molar-refractivity contribution in [3.63, 3.8) is 0 Å². The SMILES string of the molecule is O=C1O[C@H]2C[C@H]1CC[C@H]2Br. The molecule has 2 nitrogen and oxygen atoms in total. The average Bonchev–Trinajstić information content (AvgIpc) is 2.21. The highest BCUT2D eigenvalue weighted by Gasteiger charge is 2.41. The van der Waals surface area contributed by atoms with Gasteiger partial charge in [-0.3, -0.25) is 4.79 Å². The van der Waals surface area contributed by atoms with Crippen LogP contribution in [0, 0.1) is 5.92 Å². The molecule has 2 rings (SSSR count). The van der Waals surface area contributed by atoms with Crippen LogP contribution in [0.3, 0.4) is 0 Å². The molecule has 0 aromatic heterocycles. The number of carbonyl (C=O) groups excluding carboxylic acids is 1. The maximum Gasteiger partial charge on any atom is 0.309 e. The van der Waals surface area contributed by atoms with Crippen molar-refractivity contribution in [2.45, 2.75) is 30.2 Å². The van der Waals surface area contributed by atoms with E-state index in [1.165, 1.54) is 0 Å². The molecule has 0 spiro atoms. The van der Waals surface area contributed by atoms with Crippen LogP contribution in [0.15, 0.2) is 0 Å². The van der Waals surface area contributed by atoms with Crippen LogP contribution < -0.4 is 0 Å². The van der Waals surface area contributed by atoms with E-state index in [1.54, 1.807) is 0 Å². The summed E-state index contributed by atoms with van der Waals surface area (Å²) >= 11 is 3.49. The molecule has 0 amide bonds. The van der Waals surface area contributed by atoms with E-state index >= 15 is 0 Å². The van der Waals surface area contributed by atoms with Gasteiger partial charge in [-0.15, -0.1) is 0 Å². The Balaban J connectivity index is 2.15. The van der Waals surface area contributed by atoms with E-state index in [0.29, 0.717) is 4.83 Å². The molecule has 1 aliphatic heterocycles. The molecule has 2 aliphatic rings. The lowest BCUT2D eigenvalue weighted by molar-refractivity contribution is -0.143. The molecule has 0 radical (unpaired) electrons. The van der Waals surface area contributed by atoms with Gasteiger partial charge in [-0.1, -0.05) is 15.9 Å². The molecule has 0 aromatic carbocycles. The summed E-state index contributed by atoms with van der Waals surface area (Å²) in [5, 5.41) is 0. The smallest absolute Gasteiger partial charge is 0.309 e. The highest BCUT2D eigenvalue weighted by molar-refractivity contribution is 9.09. The molecule has 3 atom stereocenters. The molecular weight excluding hydrogens is 196 g/mol. The molecule has 1 heterocycles. The second kappa shape index (κ2) is 2.22. The van der Waals surface area contributed by atoms with Crippen LogP contribution >= 0.6 is 15.9 Å². The number of alkyl halides is 1. The molecule has 1 aliphatic carbocycles. The largest absolute Gasteiger partial charge is 0.461 e. The van der Waals surface area contributed by atoms with Crippen LogP contribution in [0.2, 0.25) is 0 Å². The van der Waals surface area contributed by atoms with Gasteiger partial charge in [0.2, 0.25) is 0 Å². The lowest BCUT2D eigenvalue weighted by atomic mass is 9.90. The van der Waals surface area contributed by atoms with Gasteiger partial charge in [0.1, 0.15) is 6.10 Å². The third-order valence-electron chi connectivity index (χ3n) is 2.31. The number of ether oxygens (including phenoxy) is 1. The van der Waals surface area contributed by atoms with Crippen LogP contribution in [0.25, 0.3) is 0 Å². The van der Waals surface area contributed by atoms with Crippen LogP contribution in [0.5, 0.6) is 0 Å². The molecule has 10 heavy (non-hydrogen) atoms. The lowest BCUT2D eigenvalue weighted by Crippen LogP contribution is -2.23. The fraction of sp³-hybridized carbons (Fsp3) is 0.857. The van der Waals surface area contributed by atoms with Gasteiger partial charge >= 0.3 is 5.97 Å². The second-order valence-corrected chi connectivity index (χ2v) is 4.18. The Hall–Kier alpha value is -0.0500. The van der Waals surface area contributed by atoms with Crippen molar-refractivity contribution in [2.24, 2.45) is 5.92 Å². The van der Waals surface area contributed by atoms with Crippen LogP contribution in [-0.2, 0) is 9.53 Å². The quantitative estimate of drug-likeness (QED) is 0.442. The van der Waals surface area contributed by atoms with Crippen molar-refractivity contribution in [3.05, 3.63) is 0 Å². The fourth-order valence-electron chi connectivity index (χ4n) is 1.67. The van der Waals surface area contributed by atoms with Crippen molar-refractivity contribution in [2.75, 3.05) is 0 Å². The minimum absolute atomic E-state index is 0.0203. The van der Waals surface area contributed by atoms with E-state index in [1.807, 2.05) is 0 Å². The predicted molar refractivity (Wildman–Crippen MR) is 39.9 cm³/mol. The van der Waals surface area contributed by atoms with E-state index in [4.69, 9.17) is 4.74 Å². The number of hydrogen-bond acceptors (Lipinski definition) is 2. The first-order valence-electron chi connectivity index (χ1n) is 3.62. The van der Waals surface area contributed by atoms with Gasteiger partial charge in [-0.25, -0.2) is 0 Å². The van der Waals surface area contributed by atoms with Crippen molar-refractivity contribution in [1.29, 1.82) is 0 Å². The van der Waals surface area contributed by atoms with Crippen LogP contribution in [-0.4, -0.2) is 16.9 Å². The van der Waals surface area contributed by atoms with Crippen molar-refractivity contribution < 1.29 is 9.53 Å². The number of hydrogen-bond donors (Lipinski definition) is 0. The summed E-state index contributed by atoms with van der Waals surface area (Å²) in [6.07, 6.45) is 3.20. The standard InChI is InChI=1S/C7H9BrO2/c8-5-2-1-4-3-6(5)10-7(4)9/h4-6H,1-3H2/t4-,5-,6+/m1/s1. The molecule has 2 bridgehead atoms. The number of esters is 1. The highest BCUT2D eigenvalue weighted by atomic mass is 79.9. The summed E-state index contributed by atoms with van der Waals surface area (Å²) in [7, 11) is 0. The molecule has 0 aromatic rings. The maximum absolute atomic E-state index is 11.0. The van der Waals surface area contributed by atoms with Crippen molar-refractivity contribution in [1.82, 2.24) is 0 Å². The third kappa shape index (κ3) is 0.875. The summed E-state index contributed by atoms with van der Waals surface area (Å²) in [5.74, 6) is 0.241. The summed E-state index contributed by atoms with van der Waals surface area (Å²) in [5.41, 5.74) is 0. The second-order valence-electron chi connectivity index (χ2n) is 3.00. The first-order chi connectivity index (χ1) is 4.77. The number of fused-ring (bicyclic) bond motifs is 2. The Morgan fingerprint density at radius 3 is 3.00 bits per heavy atom. The zero-order valence-corrected chi connectivity index (χ0v) is 7.13. The molecule has 2 fully saturated rings. The third-order valence-corrected chi connectivity index (χ3v) is 3.36. The minimum Gasteiger partial charge on any atom is -0.461 e. The van der Waals surface area contributed by atoms with Gasteiger partial charge in [-0.05, 0) is 19.3 Å². The number of carbonyl (C=O) groups is 1. The summed E-state index contributed by atoms with van der Waals surface area (Å²) in [6, 6.07) is 0. The topological polar surface area (TPSA) is 26.3 Å². The van der Waals surface area contributed by atoms with E-state index in [0.717, 1.165) is 19.3 Å². The highest BCUT2D eigenvalue weighted by Crippen LogP contribution is 2.37. The summed E-state index contributed by atoms with van der Waals surface area (Å²) in [4.78, 5) is 11.4. The van der Waals surface area contributed by atoms with E-state index in [2.05, 4.69) is 15.9 Å². The van der Waals surface area contributed by atoms with E-state index in [9.17, 15) is 4.79 Å². The molecular formula is C7H9BrO2. The summed E-state index contributed by atoms with van der Waals surface area (Å²) in [6.45, 7) is 0. The zero-order valence-electron chi connectivity index (χ0n) is 5.55. The molecule has 0 N–H and O–H groups in total. The van der Waals surface area contributed by atoms with E-state index in [-0.39, 0.29) is 18.0 Å². The number of rotatable bonds is 0. The van der Waals surface area contributed by atoms with Crippen LogP contribution in [0.1, 0.15) is 19.3 Å². The van der Waals surface area contributed by atoms with Gasteiger partial charge in [0, 0.05) is 0 Å². The Labute approximate surface area is 68.1 Å². The zero-order chi connectivity index (χ0) is 7.14. The normalized spacial score (nSPS) is 45.3. The van der Waals surface area contributed by atoms with Gasteiger partial charge in [0.25, 0.3) is 0 Å². The Morgan fingerprint density at radius 1 is 1.50 bits per heavy atom. The fourth-order valence-corrected chi connectivity index (χ4v) is 2.26. The average molecular weight is 205 g/mol. The van der Waals surface area contributed by atoms with Crippen molar-refractivity contribution >= 4 is 21.9 Å². The molecule has 1 saturated carbocycles. The predicted octanol–water partition coefficient (Wildman–Crippen LogP) is 1.48. The van der Waals surface area contributed by atoms with Gasteiger partial charge in [0.05, 0.1) is 10.7 Å². The first-order valence-corrected chi connectivity index (χ1v) is 4.53. The maximum atomic E-state index is 11.0. The Morgan fingerprint density at radius 2 is 2.30 bits per heavy atom. The van der Waals surface area contributed by atoms with E-state index < -0.39 is 0 Å². The molecule has 0 unspecified atom stereocenters. The van der Waals surface area contributed by atoms with Gasteiger partial charge < -0.3 is 4.74 Å². The summed E-state index contributed by atoms with van der Waals surface area (Å²) < 4.78 is 5.11. The molecule has 3 heteroatoms. The molecule has 56 valence electrons. The first kappa shape index (κ1) is 6.65. The number of halogens is 1. The minimum atomic E-state index is 0.0203. The van der Waals surface area contributed by atoms with Gasteiger partial charge in [0.15, 0.2) is 0 Å². The Bertz CT molecular complexity index is 169. The van der Waals surface area contributed by atoms with Gasteiger partial charge in [-0.2, -0.15) is 0 Å². The van der Waals surface area contributed by atoms with Crippen LogP contribution in [0.4, 0.5) is 0 Å². The van der Waals surface area contributed by atoms with Crippen molar-refractivity contribution in [3.8, 4) is 0 Å². The monoisotopic (exact) mass is 204 g/mol.